The number of aliphatic hydroxyl groups excluding tert-OH is 1. The van der Waals surface area contributed by atoms with Gasteiger partial charge in [-0.3, -0.25) is 9.36 Å². The number of alkyl halides is 2. The van der Waals surface area contributed by atoms with Gasteiger partial charge in [-0.05, 0) is 37.8 Å². The zero-order chi connectivity index (χ0) is 25.9. The molecule has 0 saturated carbocycles. The normalized spacial score (nSPS) is 18.0. The van der Waals surface area contributed by atoms with Crippen molar-refractivity contribution in [3.63, 3.8) is 0 Å². The van der Waals surface area contributed by atoms with E-state index in [9.17, 15) is 18.7 Å². The number of aliphatic hydroxyl groups is 1. The lowest BCUT2D eigenvalue weighted by atomic mass is 9.97. The van der Waals surface area contributed by atoms with Gasteiger partial charge < -0.3 is 25.0 Å². The molecule has 0 aliphatic carbocycles. The van der Waals surface area contributed by atoms with Crippen LogP contribution in [0.4, 0.5) is 20.5 Å². The Bertz CT molecular complexity index is 1240. The number of para-hydroxylation sites is 2. The number of carbonyl (C=O) groups is 1. The maximum Gasteiger partial charge on any atom is 0.296 e. The minimum atomic E-state index is -2.81. The van der Waals surface area contributed by atoms with E-state index in [1.54, 1.807) is 42.2 Å². The van der Waals surface area contributed by atoms with Gasteiger partial charge in [-0.1, -0.05) is 12.1 Å². The maximum atomic E-state index is 14.0. The Morgan fingerprint density at radius 2 is 1.81 bits per heavy atom. The summed E-state index contributed by atoms with van der Waals surface area (Å²) in [6, 6.07) is 7.95. The molecule has 37 heavy (non-hydrogen) atoms. The Kier molecular flexibility index (Phi) is 7.47. The van der Waals surface area contributed by atoms with Crippen molar-refractivity contribution in [1.82, 2.24) is 24.4 Å². The number of likely N-dealkylation sites (tertiary alicyclic amines) is 1. The molecule has 0 unspecified atom stereocenters. The molecule has 2 aliphatic heterocycles. The number of anilines is 2. The fraction of sp³-hybridized carbons (Fsp3) is 0.520. The Morgan fingerprint density at radius 3 is 2.51 bits per heavy atom. The highest BCUT2D eigenvalue weighted by atomic mass is 19.3. The summed E-state index contributed by atoms with van der Waals surface area (Å²) in [7, 11) is 0. The molecule has 10 nitrogen and oxygen atoms in total. The number of ether oxygens (including phenoxy) is 1. The molecule has 0 radical (unpaired) electrons. The summed E-state index contributed by atoms with van der Waals surface area (Å²) in [6.45, 7) is 5.26. The molecule has 2 N–H and O–H groups in total. The largest absolute Gasteiger partial charge is 0.396 e. The second kappa shape index (κ2) is 10.9. The van der Waals surface area contributed by atoms with Crippen molar-refractivity contribution in [2.45, 2.75) is 32.2 Å². The lowest BCUT2D eigenvalue weighted by molar-refractivity contribution is -0.133. The van der Waals surface area contributed by atoms with Crippen molar-refractivity contribution in [2.24, 2.45) is 5.92 Å². The van der Waals surface area contributed by atoms with Crippen LogP contribution in [0, 0.1) is 5.92 Å². The van der Waals surface area contributed by atoms with Gasteiger partial charge in [-0.15, -0.1) is 0 Å². The lowest BCUT2D eigenvalue weighted by Crippen LogP contribution is -2.46. The van der Waals surface area contributed by atoms with Crippen LogP contribution in [0.2, 0.25) is 0 Å². The Hall–Kier alpha value is -3.38. The van der Waals surface area contributed by atoms with E-state index in [2.05, 4.69) is 20.3 Å². The van der Waals surface area contributed by atoms with E-state index < -0.39 is 18.3 Å². The molecule has 1 aromatic carbocycles. The maximum absolute atomic E-state index is 14.0. The van der Waals surface area contributed by atoms with E-state index in [-0.39, 0.29) is 30.2 Å². The number of hydrogen-bond donors (Lipinski definition) is 2. The van der Waals surface area contributed by atoms with Crippen molar-refractivity contribution in [2.75, 3.05) is 56.2 Å². The van der Waals surface area contributed by atoms with Gasteiger partial charge in [0.25, 0.3) is 6.43 Å². The molecule has 12 heteroatoms. The summed E-state index contributed by atoms with van der Waals surface area (Å²) in [5.74, 6) is 0.679. The quantitative estimate of drug-likeness (QED) is 0.495. The number of morpholine rings is 1. The average molecular weight is 516 g/mol. The first-order valence-corrected chi connectivity index (χ1v) is 12.6. The molecule has 2 aliphatic rings. The van der Waals surface area contributed by atoms with Crippen LogP contribution >= 0.6 is 0 Å². The van der Waals surface area contributed by atoms with Gasteiger partial charge in [0.2, 0.25) is 11.9 Å². The first-order valence-electron chi connectivity index (χ1n) is 12.6. The van der Waals surface area contributed by atoms with Crippen LogP contribution in [0.5, 0.6) is 0 Å². The Morgan fingerprint density at radius 1 is 1.11 bits per heavy atom. The monoisotopic (exact) mass is 515 g/mol. The molecular weight excluding hydrogens is 484 g/mol. The van der Waals surface area contributed by atoms with Gasteiger partial charge in [0.1, 0.15) is 17.7 Å². The molecule has 1 amide bonds. The molecule has 3 aromatic rings. The van der Waals surface area contributed by atoms with Gasteiger partial charge in [0, 0.05) is 38.9 Å². The van der Waals surface area contributed by atoms with Gasteiger partial charge in [-0.2, -0.15) is 9.97 Å². The number of aromatic nitrogens is 4. The molecule has 0 bridgehead atoms. The number of carbonyl (C=O) groups excluding carboxylic acids is 1. The number of fused-ring (bicyclic) bond motifs is 1. The van der Waals surface area contributed by atoms with Crippen LogP contribution in [-0.2, 0) is 9.53 Å². The number of rotatable bonds is 7. The van der Waals surface area contributed by atoms with Crippen LogP contribution in [0.15, 0.2) is 30.3 Å². The fourth-order valence-corrected chi connectivity index (χ4v) is 4.85. The topological polar surface area (TPSA) is 109 Å². The number of hydrogen-bond acceptors (Lipinski definition) is 8. The number of halogens is 2. The summed E-state index contributed by atoms with van der Waals surface area (Å²) < 4.78 is 34.9. The van der Waals surface area contributed by atoms with Crippen LogP contribution in [0.1, 0.15) is 32.0 Å². The molecule has 2 fully saturated rings. The number of nitrogens with one attached hydrogen (secondary N) is 1. The summed E-state index contributed by atoms with van der Waals surface area (Å²) in [5.41, 5.74) is 0.944. The smallest absolute Gasteiger partial charge is 0.296 e. The van der Waals surface area contributed by atoms with Crippen LogP contribution in [-0.4, -0.2) is 87.5 Å². The highest BCUT2D eigenvalue weighted by Crippen LogP contribution is 2.29. The molecule has 4 heterocycles. The van der Waals surface area contributed by atoms with E-state index >= 15 is 0 Å². The number of imidazole rings is 1. The highest BCUT2D eigenvalue weighted by molar-refractivity contribution is 5.84. The molecular formula is C25H31F2N7O3. The first-order chi connectivity index (χ1) is 17.9. The van der Waals surface area contributed by atoms with Gasteiger partial charge >= 0.3 is 0 Å². The minimum Gasteiger partial charge on any atom is -0.396 e. The van der Waals surface area contributed by atoms with Crippen molar-refractivity contribution < 1.29 is 23.4 Å². The average Bonchev–Trinajstić information content (AvgIpc) is 3.33. The molecule has 1 atom stereocenters. The van der Waals surface area contributed by atoms with Gasteiger partial charge in [0.05, 0.1) is 24.2 Å². The van der Waals surface area contributed by atoms with E-state index in [1.807, 2.05) is 4.90 Å². The standard InChI is InChI=1S/C25H31F2N7O3/c1-16(24(36)33-8-6-17(15-35)7-9-33)28-25-30-20(32-10-12-37-13-11-32)14-21(31-25)34-19-5-3-2-4-18(19)29-23(34)22(26)27/h2-5,14,16-17,22,35H,6-13,15H2,1H3,(H,28,30,31)/t16-/m0/s1. The second-order valence-corrected chi connectivity index (χ2v) is 9.42. The second-order valence-electron chi connectivity index (χ2n) is 9.42. The van der Waals surface area contributed by atoms with E-state index in [0.717, 1.165) is 12.8 Å². The Labute approximate surface area is 213 Å². The zero-order valence-electron chi connectivity index (χ0n) is 20.7. The summed E-state index contributed by atoms with van der Waals surface area (Å²) in [5, 5.41) is 12.5. The van der Waals surface area contributed by atoms with Crippen molar-refractivity contribution in [1.29, 1.82) is 0 Å². The van der Waals surface area contributed by atoms with E-state index in [1.165, 1.54) is 4.57 Å². The fourth-order valence-electron chi connectivity index (χ4n) is 4.85. The first kappa shape index (κ1) is 25.3. The number of benzene rings is 1. The minimum absolute atomic E-state index is 0.0975. The molecule has 198 valence electrons. The summed E-state index contributed by atoms with van der Waals surface area (Å²) >= 11 is 0. The van der Waals surface area contributed by atoms with Crippen LogP contribution < -0.4 is 10.2 Å². The van der Waals surface area contributed by atoms with Crippen molar-refractivity contribution in [3.8, 4) is 5.82 Å². The van der Waals surface area contributed by atoms with Crippen LogP contribution in [0.3, 0.4) is 0 Å². The predicted octanol–water partition coefficient (Wildman–Crippen LogP) is 2.62. The third-order valence-corrected chi connectivity index (χ3v) is 6.95. The zero-order valence-corrected chi connectivity index (χ0v) is 20.7. The Balaban J connectivity index is 1.49. The number of amides is 1. The summed E-state index contributed by atoms with van der Waals surface area (Å²) in [4.78, 5) is 30.2. The number of nitrogens with zero attached hydrogens (tertiary/aromatic N) is 6. The third kappa shape index (κ3) is 5.35. The summed E-state index contributed by atoms with van der Waals surface area (Å²) in [6.07, 6.45) is -1.30. The highest BCUT2D eigenvalue weighted by Gasteiger charge is 2.27. The molecule has 2 saturated heterocycles. The third-order valence-electron chi connectivity index (χ3n) is 6.95. The van der Waals surface area contributed by atoms with Gasteiger partial charge in [-0.25, -0.2) is 13.8 Å². The number of piperidine rings is 1. The SMILES string of the molecule is C[C@H](Nc1nc(N2CCOCC2)cc(-n2c(C(F)F)nc3ccccc32)n1)C(=O)N1CCC(CO)CC1. The molecule has 5 rings (SSSR count). The molecule has 2 aromatic heterocycles. The molecule has 0 spiro atoms. The van der Waals surface area contributed by atoms with E-state index in [0.29, 0.717) is 56.2 Å². The van der Waals surface area contributed by atoms with Crippen molar-refractivity contribution >= 4 is 28.7 Å². The van der Waals surface area contributed by atoms with Crippen LogP contribution in [0.25, 0.3) is 16.9 Å². The van der Waals surface area contributed by atoms with Crippen molar-refractivity contribution in [3.05, 3.63) is 36.2 Å². The predicted molar refractivity (Wildman–Crippen MR) is 134 cm³/mol. The lowest BCUT2D eigenvalue weighted by Gasteiger charge is -2.33. The van der Waals surface area contributed by atoms with E-state index in [4.69, 9.17) is 4.74 Å². The van der Waals surface area contributed by atoms with Gasteiger partial charge in [0.15, 0.2) is 5.82 Å².